The molecule has 0 bridgehead atoms. The van der Waals surface area contributed by atoms with Crippen molar-refractivity contribution in [2.24, 2.45) is 0 Å². The predicted molar refractivity (Wildman–Crippen MR) is 69.4 cm³/mol. The predicted octanol–water partition coefficient (Wildman–Crippen LogP) is 3.68. The molecule has 0 radical (unpaired) electrons. The van der Waals surface area contributed by atoms with Gasteiger partial charge in [-0.25, -0.2) is 9.37 Å². The average molecular weight is 244 g/mol. The summed E-state index contributed by atoms with van der Waals surface area (Å²) in [5, 5.41) is 2.80. The maximum absolute atomic E-state index is 13.1. The third kappa shape index (κ3) is 1.76. The molecule has 0 aliphatic heterocycles. The van der Waals surface area contributed by atoms with Crippen molar-refractivity contribution in [2.75, 3.05) is 5.73 Å². The standard InChI is InChI=1S/C13H9FN2S/c14-10-3-1-2-8(4-10)9-5-11-12(15)7-17-13(11)16-6-9/h1-7H,15H2. The molecule has 2 nitrogen and oxygen atoms in total. The highest BCUT2D eigenvalue weighted by atomic mass is 32.1. The van der Waals surface area contributed by atoms with Crippen LogP contribution in [0.3, 0.4) is 0 Å². The van der Waals surface area contributed by atoms with Crippen molar-refractivity contribution in [2.45, 2.75) is 0 Å². The van der Waals surface area contributed by atoms with Crippen LogP contribution in [0.1, 0.15) is 0 Å². The van der Waals surface area contributed by atoms with Crippen molar-refractivity contribution in [1.29, 1.82) is 0 Å². The van der Waals surface area contributed by atoms with E-state index in [4.69, 9.17) is 5.73 Å². The molecule has 0 unspecified atom stereocenters. The Kier molecular flexibility index (Phi) is 2.30. The second-order valence-corrected chi connectivity index (χ2v) is 4.64. The van der Waals surface area contributed by atoms with Crippen LogP contribution in [0.2, 0.25) is 0 Å². The van der Waals surface area contributed by atoms with Crippen molar-refractivity contribution >= 4 is 27.2 Å². The van der Waals surface area contributed by atoms with Gasteiger partial charge < -0.3 is 5.73 Å². The quantitative estimate of drug-likeness (QED) is 0.709. The first-order chi connectivity index (χ1) is 8.24. The second-order valence-electron chi connectivity index (χ2n) is 3.78. The van der Waals surface area contributed by atoms with Crippen LogP contribution in [0.5, 0.6) is 0 Å². The zero-order chi connectivity index (χ0) is 11.8. The molecule has 3 aromatic rings. The molecule has 4 heteroatoms. The van der Waals surface area contributed by atoms with Gasteiger partial charge in [0.05, 0.1) is 5.69 Å². The van der Waals surface area contributed by atoms with E-state index >= 15 is 0 Å². The number of nitrogens with zero attached hydrogens (tertiary/aromatic N) is 1. The van der Waals surface area contributed by atoms with Gasteiger partial charge >= 0.3 is 0 Å². The fourth-order valence-corrected chi connectivity index (χ4v) is 2.54. The zero-order valence-electron chi connectivity index (χ0n) is 8.85. The molecule has 17 heavy (non-hydrogen) atoms. The Morgan fingerprint density at radius 1 is 1.18 bits per heavy atom. The Hall–Kier alpha value is -1.94. The van der Waals surface area contributed by atoms with Crippen molar-refractivity contribution in [1.82, 2.24) is 4.98 Å². The van der Waals surface area contributed by atoms with Gasteiger partial charge in [0.1, 0.15) is 10.6 Å². The minimum Gasteiger partial charge on any atom is -0.398 e. The van der Waals surface area contributed by atoms with Crippen molar-refractivity contribution in [3.63, 3.8) is 0 Å². The van der Waals surface area contributed by atoms with Crippen molar-refractivity contribution in [3.05, 3.63) is 47.7 Å². The molecule has 0 spiro atoms. The Morgan fingerprint density at radius 2 is 2.06 bits per heavy atom. The molecule has 0 aliphatic carbocycles. The number of hydrogen-bond donors (Lipinski definition) is 1. The normalized spacial score (nSPS) is 10.9. The summed E-state index contributed by atoms with van der Waals surface area (Å²) in [7, 11) is 0. The zero-order valence-corrected chi connectivity index (χ0v) is 9.67. The van der Waals surface area contributed by atoms with Gasteiger partial charge in [-0.1, -0.05) is 12.1 Å². The minimum absolute atomic E-state index is 0.249. The summed E-state index contributed by atoms with van der Waals surface area (Å²) < 4.78 is 13.1. The lowest BCUT2D eigenvalue weighted by Crippen LogP contribution is -1.84. The van der Waals surface area contributed by atoms with E-state index in [9.17, 15) is 4.39 Å². The maximum Gasteiger partial charge on any atom is 0.125 e. The fraction of sp³-hybridized carbons (Fsp3) is 0. The van der Waals surface area contributed by atoms with Crippen LogP contribution >= 0.6 is 11.3 Å². The van der Waals surface area contributed by atoms with Crippen LogP contribution in [0.15, 0.2) is 41.9 Å². The number of fused-ring (bicyclic) bond motifs is 1. The molecule has 0 saturated heterocycles. The summed E-state index contributed by atoms with van der Waals surface area (Å²) in [6.07, 6.45) is 1.74. The smallest absolute Gasteiger partial charge is 0.125 e. The van der Waals surface area contributed by atoms with E-state index < -0.39 is 0 Å². The number of rotatable bonds is 1. The number of benzene rings is 1. The number of aromatic nitrogens is 1. The molecule has 0 saturated carbocycles. The molecule has 0 atom stereocenters. The first-order valence-corrected chi connectivity index (χ1v) is 6.01. The van der Waals surface area contributed by atoms with Crippen molar-refractivity contribution in [3.8, 4) is 11.1 Å². The fourth-order valence-electron chi connectivity index (χ4n) is 1.76. The summed E-state index contributed by atoms with van der Waals surface area (Å²) in [4.78, 5) is 5.23. The molecule has 2 heterocycles. The molecular weight excluding hydrogens is 235 g/mol. The van der Waals surface area contributed by atoms with E-state index in [-0.39, 0.29) is 5.82 Å². The summed E-state index contributed by atoms with van der Waals surface area (Å²) in [6, 6.07) is 8.41. The third-order valence-corrected chi connectivity index (χ3v) is 3.54. The van der Waals surface area contributed by atoms with Gasteiger partial charge in [-0.2, -0.15) is 0 Å². The van der Waals surface area contributed by atoms with Crippen molar-refractivity contribution < 1.29 is 4.39 Å². The Bertz CT molecular complexity index is 691. The lowest BCUT2D eigenvalue weighted by Gasteiger charge is -2.01. The molecule has 0 aliphatic rings. The van der Waals surface area contributed by atoms with Crippen LogP contribution in [0.25, 0.3) is 21.3 Å². The van der Waals surface area contributed by atoms with Crippen LogP contribution in [-0.2, 0) is 0 Å². The monoisotopic (exact) mass is 244 g/mol. The topological polar surface area (TPSA) is 38.9 Å². The number of thiophene rings is 1. The molecule has 0 amide bonds. The molecule has 1 aromatic carbocycles. The van der Waals surface area contributed by atoms with Gasteiger partial charge in [0.15, 0.2) is 0 Å². The molecular formula is C13H9FN2S. The van der Waals surface area contributed by atoms with E-state index in [1.807, 2.05) is 17.5 Å². The molecule has 0 fully saturated rings. The van der Waals surface area contributed by atoms with E-state index in [1.54, 1.807) is 12.3 Å². The maximum atomic E-state index is 13.1. The highest BCUT2D eigenvalue weighted by Gasteiger charge is 2.05. The number of hydrogen-bond acceptors (Lipinski definition) is 3. The first kappa shape index (κ1) is 10.2. The molecule has 2 N–H and O–H groups in total. The lowest BCUT2D eigenvalue weighted by atomic mass is 10.1. The summed E-state index contributed by atoms with van der Waals surface area (Å²) >= 11 is 1.51. The van der Waals surface area contributed by atoms with Crippen LogP contribution < -0.4 is 5.73 Å². The minimum atomic E-state index is -0.249. The number of halogens is 1. The number of nitrogen functional groups attached to an aromatic ring is 1. The third-order valence-electron chi connectivity index (χ3n) is 2.62. The van der Waals surface area contributed by atoms with Gasteiger partial charge in [0, 0.05) is 22.5 Å². The average Bonchev–Trinajstić information content (AvgIpc) is 2.71. The van der Waals surface area contributed by atoms with Gasteiger partial charge in [-0.15, -0.1) is 11.3 Å². The highest BCUT2D eigenvalue weighted by Crippen LogP contribution is 2.30. The van der Waals surface area contributed by atoms with Gasteiger partial charge in [-0.3, -0.25) is 0 Å². The Balaban J connectivity index is 2.20. The molecule has 2 aromatic heterocycles. The van der Waals surface area contributed by atoms with E-state index in [0.717, 1.165) is 27.0 Å². The highest BCUT2D eigenvalue weighted by molar-refractivity contribution is 7.17. The van der Waals surface area contributed by atoms with Crippen LogP contribution in [0, 0.1) is 5.82 Å². The Labute approximate surface area is 102 Å². The van der Waals surface area contributed by atoms with Gasteiger partial charge in [0.25, 0.3) is 0 Å². The lowest BCUT2D eigenvalue weighted by molar-refractivity contribution is 0.628. The van der Waals surface area contributed by atoms with Crippen LogP contribution in [-0.4, -0.2) is 4.98 Å². The van der Waals surface area contributed by atoms with E-state index in [0.29, 0.717) is 0 Å². The molecule has 84 valence electrons. The van der Waals surface area contributed by atoms with E-state index in [2.05, 4.69) is 4.98 Å². The first-order valence-electron chi connectivity index (χ1n) is 5.13. The van der Waals surface area contributed by atoms with Gasteiger partial charge in [-0.05, 0) is 23.8 Å². The second kappa shape index (κ2) is 3.82. The SMILES string of the molecule is Nc1csc2ncc(-c3cccc(F)c3)cc12. The van der Waals surface area contributed by atoms with Gasteiger partial charge in [0.2, 0.25) is 0 Å². The summed E-state index contributed by atoms with van der Waals surface area (Å²) in [5.41, 5.74) is 8.25. The number of anilines is 1. The summed E-state index contributed by atoms with van der Waals surface area (Å²) in [5.74, 6) is -0.249. The Morgan fingerprint density at radius 3 is 2.88 bits per heavy atom. The molecule has 3 rings (SSSR count). The summed E-state index contributed by atoms with van der Waals surface area (Å²) in [6.45, 7) is 0. The largest absolute Gasteiger partial charge is 0.398 e. The van der Waals surface area contributed by atoms with Crippen LogP contribution in [0.4, 0.5) is 10.1 Å². The van der Waals surface area contributed by atoms with E-state index in [1.165, 1.54) is 23.5 Å². The number of pyridine rings is 1. The number of nitrogens with two attached hydrogens (primary N) is 1.